The summed E-state index contributed by atoms with van der Waals surface area (Å²) >= 11 is 0. The van der Waals surface area contributed by atoms with Gasteiger partial charge < -0.3 is 4.74 Å². The molecule has 0 radical (unpaired) electrons. The Kier molecular flexibility index (Phi) is 7.17. The van der Waals surface area contributed by atoms with Crippen LogP contribution in [0.5, 0.6) is 0 Å². The van der Waals surface area contributed by atoms with Crippen molar-refractivity contribution in [2.75, 3.05) is 13.2 Å². The maximum atomic E-state index is 11.4. The standard InChI is InChI=1S/C17H22N2O2/c1-4-21-17(20)16(11-18)12-19-9-5-6-15-8-7-13(2)10-14(15)3/h7-8,10,12,16H,4-6,9H2,1-3H3/t16-/m0/s1. The molecule has 0 aliphatic heterocycles. The Morgan fingerprint density at radius 1 is 1.48 bits per heavy atom. The average Bonchev–Trinajstić information content (AvgIpc) is 2.45. The predicted molar refractivity (Wildman–Crippen MR) is 83.3 cm³/mol. The lowest BCUT2D eigenvalue weighted by Crippen LogP contribution is -2.17. The van der Waals surface area contributed by atoms with Gasteiger partial charge in [-0.15, -0.1) is 0 Å². The van der Waals surface area contributed by atoms with Crippen molar-refractivity contribution < 1.29 is 9.53 Å². The van der Waals surface area contributed by atoms with Gasteiger partial charge in [-0.3, -0.25) is 9.79 Å². The van der Waals surface area contributed by atoms with Gasteiger partial charge in [0.25, 0.3) is 0 Å². The van der Waals surface area contributed by atoms with E-state index in [9.17, 15) is 4.79 Å². The number of nitrogens with zero attached hydrogens (tertiary/aromatic N) is 2. The van der Waals surface area contributed by atoms with E-state index in [1.807, 2.05) is 6.07 Å². The molecule has 0 bridgehead atoms. The van der Waals surface area contributed by atoms with E-state index in [4.69, 9.17) is 10.00 Å². The normalized spacial score (nSPS) is 12.1. The third-order valence-corrected chi connectivity index (χ3v) is 3.17. The first kappa shape index (κ1) is 16.9. The summed E-state index contributed by atoms with van der Waals surface area (Å²) in [5.74, 6) is -1.43. The van der Waals surface area contributed by atoms with Gasteiger partial charge in [-0.05, 0) is 44.7 Å². The molecule has 1 rings (SSSR count). The molecule has 0 aliphatic carbocycles. The van der Waals surface area contributed by atoms with Gasteiger partial charge >= 0.3 is 5.97 Å². The first-order chi connectivity index (χ1) is 10.1. The highest BCUT2D eigenvalue weighted by Gasteiger charge is 2.15. The summed E-state index contributed by atoms with van der Waals surface area (Å²) in [6.07, 6.45) is 3.22. The molecule has 0 saturated heterocycles. The van der Waals surface area contributed by atoms with Crippen molar-refractivity contribution in [2.24, 2.45) is 10.9 Å². The summed E-state index contributed by atoms with van der Waals surface area (Å²) in [6.45, 7) is 6.78. The molecule has 0 spiro atoms. The van der Waals surface area contributed by atoms with Crippen LogP contribution in [0.3, 0.4) is 0 Å². The molecule has 0 heterocycles. The minimum Gasteiger partial charge on any atom is -0.465 e. The number of ether oxygens (including phenoxy) is 1. The molecule has 0 N–H and O–H groups in total. The van der Waals surface area contributed by atoms with E-state index in [2.05, 4.69) is 37.0 Å². The quantitative estimate of drug-likeness (QED) is 0.440. The molecule has 4 heteroatoms. The highest BCUT2D eigenvalue weighted by Crippen LogP contribution is 2.12. The van der Waals surface area contributed by atoms with Crippen LogP contribution >= 0.6 is 0 Å². The summed E-state index contributed by atoms with van der Waals surface area (Å²) in [4.78, 5) is 15.6. The van der Waals surface area contributed by atoms with Crippen molar-refractivity contribution in [1.82, 2.24) is 0 Å². The van der Waals surface area contributed by atoms with Crippen LogP contribution in [0.15, 0.2) is 23.2 Å². The Bertz CT molecular complexity index is 544. The van der Waals surface area contributed by atoms with Gasteiger partial charge in [0.05, 0.1) is 12.7 Å². The minimum atomic E-state index is -0.897. The topological polar surface area (TPSA) is 62.5 Å². The molecular formula is C17H22N2O2. The summed E-state index contributed by atoms with van der Waals surface area (Å²) in [5, 5.41) is 8.88. The van der Waals surface area contributed by atoms with Crippen LogP contribution in [0.2, 0.25) is 0 Å². The molecule has 0 saturated carbocycles. The molecule has 0 unspecified atom stereocenters. The van der Waals surface area contributed by atoms with E-state index >= 15 is 0 Å². The van der Waals surface area contributed by atoms with E-state index in [0.717, 1.165) is 12.8 Å². The second kappa shape index (κ2) is 8.91. The van der Waals surface area contributed by atoms with Gasteiger partial charge in [0.1, 0.15) is 0 Å². The molecule has 4 nitrogen and oxygen atoms in total. The molecule has 21 heavy (non-hydrogen) atoms. The number of esters is 1. The van der Waals surface area contributed by atoms with E-state index < -0.39 is 11.9 Å². The van der Waals surface area contributed by atoms with Crippen molar-refractivity contribution in [2.45, 2.75) is 33.6 Å². The van der Waals surface area contributed by atoms with Gasteiger partial charge in [0.2, 0.25) is 0 Å². The molecule has 1 aromatic carbocycles. The second-order valence-electron chi connectivity index (χ2n) is 4.95. The van der Waals surface area contributed by atoms with E-state index in [-0.39, 0.29) is 6.61 Å². The highest BCUT2D eigenvalue weighted by molar-refractivity contribution is 5.92. The Labute approximate surface area is 126 Å². The SMILES string of the molecule is CCOC(=O)[C@@H](C#N)C=NCCCc1ccc(C)cc1C. The number of rotatable bonds is 7. The number of nitriles is 1. The highest BCUT2D eigenvalue weighted by atomic mass is 16.5. The molecule has 1 atom stereocenters. The Morgan fingerprint density at radius 3 is 2.86 bits per heavy atom. The van der Waals surface area contributed by atoms with Gasteiger partial charge in [-0.1, -0.05) is 23.8 Å². The molecule has 1 aromatic rings. The number of carbonyl (C=O) groups is 1. The number of aryl methyl sites for hydroxylation is 3. The van der Waals surface area contributed by atoms with Crippen LogP contribution in [0.4, 0.5) is 0 Å². The van der Waals surface area contributed by atoms with Gasteiger partial charge in [0, 0.05) is 12.8 Å². The smallest absolute Gasteiger partial charge is 0.328 e. The Morgan fingerprint density at radius 2 is 2.24 bits per heavy atom. The third-order valence-electron chi connectivity index (χ3n) is 3.17. The van der Waals surface area contributed by atoms with Crippen LogP contribution in [-0.2, 0) is 16.0 Å². The van der Waals surface area contributed by atoms with Crippen LogP contribution in [0, 0.1) is 31.1 Å². The van der Waals surface area contributed by atoms with Crippen molar-refractivity contribution in [3.63, 3.8) is 0 Å². The molecule has 0 aromatic heterocycles. The van der Waals surface area contributed by atoms with Crippen LogP contribution in [0.25, 0.3) is 0 Å². The fourth-order valence-electron chi connectivity index (χ4n) is 2.05. The molecule has 0 fully saturated rings. The zero-order valence-electron chi connectivity index (χ0n) is 12.9. The molecule has 0 amide bonds. The largest absolute Gasteiger partial charge is 0.465 e. The lowest BCUT2D eigenvalue weighted by Gasteiger charge is -2.06. The van der Waals surface area contributed by atoms with Crippen LogP contribution in [0.1, 0.15) is 30.0 Å². The fourth-order valence-corrected chi connectivity index (χ4v) is 2.05. The average molecular weight is 286 g/mol. The number of aliphatic imine (C=N–C) groups is 1. The van der Waals surface area contributed by atoms with Crippen LogP contribution < -0.4 is 0 Å². The third kappa shape index (κ3) is 5.78. The lowest BCUT2D eigenvalue weighted by atomic mass is 10.0. The van der Waals surface area contributed by atoms with E-state index in [0.29, 0.717) is 6.54 Å². The Balaban J connectivity index is 2.41. The Hall–Kier alpha value is -2.15. The zero-order valence-corrected chi connectivity index (χ0v) is 12.9. The van der Waals surface area contributed by atoms with E-state index in [1.165, 1.54) is 22.9 Å². The first-order valence-electron chi connectivity index (χ1n) is 7.20. The zero-order chi connectivity index (χ0) is 15.7. The van der Waals surface area contributed by atoms with Crippen molar-refractivity contribution in [3.05, 3.63) is 34.9 Å². The van der Waals surface area contributed by atoms with Crippen LogP contribution in [-0.4, -0.2) is 25.3 Å². The molecular weight excluding hydrogens is 264 g/mol. The van der Waals surface area contributed by atoms with Gasteiger partial charge in [-0.2, -0.15) is 5.26 Å². The van der Waals surface area contributed by atoms with Crippen molar-refractivity contribution in [1.29, 1.82) is 5.26 Å². The number of carbonyl (C=O) groups excluding carboxylic acids is 1. The lowest BCUT2D eigenvalue weighted by molar-refractivity contribution is -0.143. The summed E-state index contributed by atoms with van der Waals surface area (Å²) < 4.78 is 4.80. The number of benzene rings is 1. The van der Waals surface area contributed by atoms with Gasteiger partial charge in [0.15, 0.2) is 5.92 Å². The monoisotopic (exact) mass is 286 g/mol. The second-order valence-corrected chi connectivity index (χ2v) is 4.95. The van der Waals surface area contributed by atoms with E-state index in [1.54, 1.807) is 6.92 Å². The van der Waals surface area contributed by atoms with Gasteiger partial charge in [-0.25, -0.2) is 0 Å². The molecule has 112 valence electrons. The predicted octanol–water partition coefficient (Wildman–Crippen LogP) is 3.01. The summed E-state index contributed by atoms with van der Waals surface area (Å²) in [6, 6.07) is 8.31. The molecule has 0 aliphatic rings. The first-order valence-corrected chi connectivity index (χ1v) is 7.20. The maximum Gasteiger partial charge on any atom is 0.328 e. The number of hydrogen-bond donors (Lipinski definition) is 0. The fraction of sp³-hybridized carbons (Fsp3) is 0.471. The van der Waals surface area contributed by atoms with Crippen molar-refractivity contribution >= 4 is 12.2 Å². The van der Waals surface area contributed by atoms with Crippen molar-refractivity contribution in [3.8, 4) is 6.07 Å². The maximum absolute atomic E-state index is 11.4. The minimum absolute atomic E-state index is 0.275. The number of hydrogen-bond acceptors (Lipinski definition) is 4. The summed E-state index contributed by atoms with van der Waals surface area (Å²) in [7, 11) is 0. The summed E-state index contributed by atoms with van der Waals surface area (Å²) in [5.41, 5.74) is 3.87.